The van der Waals surface area contributed by atoms with E-state index in [1.807, 2.05) is 0 Å². The third-order valence-electron chi connectivity index (χ3n) is 3.27. The van der Waals surface area contributed by atoms with Gasteiger partial charge in [0.2, 0.25) is 0 Å². The average molecular weight is 342 g/mol. The highest BCUT2D eigenvalue weighted by Gasteiger charge is 2.13. The van der Waals surface area contributed by atoms with E-state index in [0.29, 0.717) is 11.8 Å². The van der Waals surface area contributed by atoms with Crippen LogP contribution < -0.4 is 10.1 Å². The summed E-state index contributed by atoms with van der Waals surface area (Å²) in [6, 6.07) is 6.29. The lowest BCUT2D eigenvalue weighted by Crippen LogP contribution is -2.33. The second-order valence-electron chi connectivity index (χ2n) is 6.04. The smallest absolute Gasteiger partial charge is 0.123 e. The zero-order valence-corrected chi connectivity index (χ0v) is 15.0. The molecule has 1 N–H and O–H groups in total. The fraction of sp³-hybridized carbons (Fsp3) is 0.647. The van der Waals surface area contributed by atoms with Gasteiger partial charge in [-0.15, -0.1) is 0 Å². The molecule has 1 rings (SSSR count). The van der Waals surface area contributed by atoms with E-state index in [2.05, 4.69) is 74.1 Å². The van der Waals surface area contributed by atoms with Gasteiger partial charge in [0.25, 0.3) is 0 Å². The molecule has 0 radical (unpaired) electrons. The molecule has 1 unspecified atom stereocenters. The summed E-state index contributed by atoms with van der Waals surface area (Å²) in [6.45, 7) is 13.0. The van der Waals surface area contributed by atoms with E-state index < -0.39 is 0 Å². The van der Waals surface area contributed by atoms with Crippen LogP contribution in [0.25, 0.3) is 0 Å². The van der Waals surface area contributed by atoms with Crippen molar-refractivity contribution < 1.29 is 4.74 Å². The van der Waals surface area contributed by atoms with Crippen molar-refractivity contribution in [3.63, 3.8) is 0 Å². The van der Waals surface area contributed by atoms with E-state index in [-0.39, 0.29) is 6.10 Å². The molecule has 0 bridgehead atoms. The molecule has 1 aromatic rings. The Labute approximate surface area is 132 Å². The van der Waals surface area contributed by atoms with Gasteiger partial charge in [-0.3, -0.25) is 0 Å². The lowest BCUT2D eigenvalue weighted by Gasteiger charge is -2.22. The second kappa shape index (κ2) is 8.68. The van der Waals surface area contributed by atoms with Crippen LogP contribution in [0.5, 0.6) is 5.75 Å². The Bertz CT molecular complexity index is 404. The number of rotatable bonds is 8. The highest BCUT2D eigenvalue weighted by Crippen LogP contribution is 2.30. The van der Waals surface area contributed by atoms with Crippen molar-refractivity contribution in [2.75, 3.05) is 13.1 Å². The predicted molar refractivity (Wildman–Crippen MR) is 90.6 cm³/mol. The summed E-state index contributed by atoms with van der Waals surface area (Å²) < 4.78 is 7.32. The Morgan fingerprint density at radius 2 is 1.85 bits per heavy atom. The summed E-state index contributed by atoms with van der Waals surface area (Å²) in [4.78, 5) is 0. The van der Waals surface area contributed by atoms with Crippen LogP contribution in [0, 0.1) is 5.92 Å². The number of hydrogen-bond donors (Lipinski definition) is 1. The highest BCUT2D eigenvalue weighted by atomic mass is 79.9. The SMILES string of the molecule is CCC(CNCC(C)C)Oc1ccc(Br)cc1C(C)C. The molecular formula is C17H28BrNO. The maximum Gasteiger partial charge on any atom is 0.123 e. The second-order valence-corrected chi connectivity index (χ2v) is 6.95. The van der Waals surface area contributed by atoms with Crippen LogP contribution in [0.4, 0.5) is 0 Å². The molecule has 0 aliphatic carbocycles. The number of hydrogen-bond acceptors (Lipinski definition) is 2. The molecule has 2 nitrogen and oxygen atoms in total. The summed E-state index contributed by atoms with van der Waals surface area (Å²) in [7, 11) is 0. The molecule has 0 amide bonds. The van der Waals surface area contributed by atoms with Gasteiger partial charge in [-0.2, -0.15) is 0 Å². The van der Waals surface area contributed by atoms with E-state index in [1.165, 1.54) is 5.56 Å². The first-order valence-corrected chi connectivity index (χ1v) is 8.40. The minimum Gasteiger partial charge on any atom is -0.489 e. The molecule has 0 saturated carbocycles. The molecule has 1 atom stereocenters. The summed E-state index contributed by atoms with van der Waals surface area (Å²) in [5.41, 5.74) is 1.27. The molecule has 0 aliphatic heterocycles. The Hall–Kier alpha value is -0.540. The third kappa shape index (κ3) is 5.84. The van der Waals surface area contributed by atoms with Gasteiger partial charge in [-0.05, 0) is 48.6 Å². The molecule has 0 spiro atoms. The highest BCUT2D eigenvalue weighted by molar-refractivity contribution is 9.10. The molecule has 0 heterocycles. The normalized spacial score (nSPS) is 13.0. The van der Waals surface area contributed by atoms with Crippen LogP contribution in [-0.4, -0.2) is 19.2 Å². The number of ether oxygens (including phenoxy) is 1. The Balaban J connectivity index is 2.69. The largest absolute Gasteiger partial charge is 0.489 e. The zero-order valence-electron chi connectivity index (χ0n) is 13.4. The maximum atomic E-state index is 6.21. The zero-order chi connectivity index (χ0) is 15.1. The lowest BCUT2D eigenvalue weighted by atomic mass is 10.0. The molecule has 1 aromatic carbocycles. The van der Waals surface area contributed by atoms with Crippen LogP contribution >= 0.6 is 15.9 Å². The van der Waals surface area contributed by atoms with Crippen molar-refractivity contribution in [2.24, 2.45) is 5.92 Å². The summed E-state index contributed by atoms with van der Waals surface area (Å²) in [5.74, 6) is 2.15. The number of halogens is 1. The van der Waals surface area contributed by atoms with Crippen molar-refractivity contribution in [1.82, 2.24) is 5.32 Å². The van der Waals surface area contributed by atoms with Crippen molar-refractivity contribution in [1.29, 1.82) is 0 Å². The first-order chi connectivity index (χ1) is 9.43. The fourth-order valence-corrected chi connectivity index (χ4v) is 2.44. The lowest BCUT2D eigenvalue weighted by molar-refractivity contribution is 0.189. The Morgan fingerprint density at radius 3 is 2.40 bits per heavy atom. The molecule has 0 saturated heterocycles. The van der Waals surface area contributed by atoms with Crippen molar-refractivity contribution >= 4 is 15.9 Å². The maximum absolute atomic E-state index is 6.21. The van der Waals surface area contributed by atoms with Gasteiger partial charge in [0.05, 0.1) is 0 Å². The predicted octanol–water partition coefficient (Wildman–Crippen LogP) is 4.98. The fourth-order valence-electron chi connectivity index (χ4n) is 2.06. The summed E-state index contributed by atoms with van der Waals surface area (Å²) >= 11 is 3.54. The average Bonchev–Trinajstić information content (AvgIpc) is 2.38. The number of nitrogens with one attached hydrogen (secondary N) is 1. The topological polar surface area (TPSA) is 21.3 Å². The van der Waals surface area contributed by atoms with Crippen molar-refractivity contribution in [3.8, 4) is 5.75 Å². The van der Waals surface area contributed by atoms with E-state index in [4.69, 9.17) is 4.74 Å². The first kappa shape index (κ1) is 17.5. The Morgan fingerprint density at radius 1 is 1.15 bits per heavy atom. The molecule has 0 fully saturated rings. The summed E-state index contributed by atoms with van der Waals surface area (Å²) in [5, 5.41) is 3.48. The Kier molecular flexibility index (Phi) is 7.60. The molecular weight excluding hydrogens is 314 g/mol. The van der Waals surface area contributed by atoms with Crippen molar-refractivity contribution in [3.05, 3.63) is 28.2 Å². The summed E-state index contributed by atoms with van der Waals surface area (Å²) in [6.07, 6.45) is 1.24. The van der Waals surface area contributed by atoms with Gasteiger partial charge in [-0.25, -0.2) is 0 Å². The molecule has 0 aromatic heterocycles. The minimum absolute atomic E-state index is 0.229. The quantitative estimate of drug-likeness (QED) is 0.720. The van der Waals surface area contributed by atoms with Crippen LogP contribution in [0.15, 0.2) is 22.7 Å². The minimum atomic E-state index is 0.229. The van der Waals surface area contributed by atoms with Gasteiger partial charge in [-0.1, -0.05) is 50.5 Å². The van der Waals surface area contributed by atoms with E-state index in [1.54, 1.807) is 0 Å². The standard InChI is InChI=1S/C17H28BrNO/c1-6-15(11-19-10-12(2)3)20-17-8-7-14(18)9-16(17)13(4)5/h7-9,12-13,15,19H,6,10-11H2,1-5H3. The van der Waals surface area contributed by atoms with E-state index >= 15 is 0 Å². The van der Waals surface area contributed by atoms with E-state index in [0.717, 1.165) is 29.7 Å². The van der Waals surface area contributed by atoms with Gasteiger partial charge in [0.1, 0.15) is 11.9 Å². The van der Waals surface area contributed by atoms with Crippen LogP contribution in [0.2, 0.25) is 0 Å². The van der Waals surface area contributed by atoms with Crippen LogP contribution in [0.3, 0.4) is 0 Å². The van der Waals surface area contributed by atoms with Gasteiger partial charge in [0, 0.05) is 11.0 Å². The van der Waals surface area contributed by atoms with Gasteiger partial charge >= 0.3 is 0 Å². The van der Waals surface area contributed by atoms with Crippen LogP contribution in [0.1, 0.15) is 52.5 Å². The third-order valence-corrected chi connectivity index (χ3v) is 3.76. The van der Waals surface area contributed by atoms with Crippen LogP contribution in [-0.2, 0) is 0 Å². The van der Waals surface area contributed by atoms with Gasteiger partial charge < -0.3 is 10.1 Å². The molecule has 20 heavy (non-hydrogen) atoms. The molecule has 0 aliphatic rings. The number of benzene rings is 1. The first-order valence-electron chi connectivity index (χ1n) is 7.60. The van der Waals surface area contributed by atoms with E-state index in [9.17, 15) is 0 Å². The molecule has 114 valence electrons. The van der Waals surface area contributed by atoms with Crippen molar-refractivity contribution in [2.45, 2.75) is 53.1 Å². The monoisotopic (exact) mass is 341 g/mol. The molecule has 3 heteroatoms. The van der Waals surface area contributed by atoms with Gasteiger partial charge in [0.15, 0.2) is 0 Å².